The van der Waals surface area contributed by atoms with Gasteiger partial charge in [-0.1, -0.05) is 32.8 Å². The van der Waals surface area contributed by atoms with Crippen LogP contribution in [0.3, 0.4) is 0 Å². The van der Waals surface area contributed by atoms with Crippen LogP contribution in [0.4, 0.5) is 5.69 Å². The topological polar surface area (TPSA) is 118 Å². The van der Waals surface area contributed by atoms with Gasteiger partial charge in [-0.25, -0.2) is 8.42 Å². The molecule has 10 nitrogen and oxygen atoms in total. The molecule has 0 saturated heterocycles. The molecule has 0 radical (unpaired) electrons. The maximum Gasteiger partial charge on any atom is 0.324 e. The highest BCUT2D eigenvalue weighted by atomic mass is 35.5. The quantitative estimate of drug-likeness (QED) is 0.208. The molecular formula is C30H42ClN3O7S. The van der Waals surface area contributed by atoms with Gasteiger partial charge >= 0.3 is 5.97 Å². The Morgan fingerprint density at radius 2 is 1.64 bits per heavy atom. The zero-order valence-corrected chi connectivity index (χ0v) is 26.6. The highest BCUT2D eigenvalue weighted by molar-refractivity contribution is 7.92. The third-order valence-electron chi connectivity index (χ3n) is 7.09. The van der Waals surface area contributed by atoms with E-state index in [1.54, 1.807) is 24.6 Å². The van der Waals surface area contributed by atoms with Crippen LogP contribution < -0.4 is 13.8 Å². The van der Waals surface area contributed by atoms with E-state index in [1.807, 2.05) is 18.2 Å². The Bertz CT molecular complexity index is 1470. The van der Waals surface area contributed by atoms with Crippen molar-refractivity contribution in [1.82, 2.24) is 9.30 Å². The molecule has 0 aliphatic heterocycles. The van der Waals surface area contributed by atoms with E-state index < -0.39 is 22.5 Å². The number of aromatic nitrogens is 1. The summed E-state index contributed by atoms with van der Waals surface area (Å²) in [6, 6.07) is 9.90. The summed E-state index contributed by atoms with van der Waals surface area (Å²) in [5, 5.41) is 9.60. The number of carbonyl (C=O) groups is 2. The number of aliphatic carboxylic acids is 1. The van der Waals surface area contributed by atoms with Crippen molar-refractivity contribution in [2.24, 2.45) is 0 Å². The van der Waals surface area contributed by atoms with Crippen LogP contribution in [0, 0.1) is 6.92 Å². The second-order valence-electron chi connectivity index (χ2n) is 9.94. The average Bonchev–Trinajstić information content (AvgIpc) is 3.25. The highest BCUT2D eigenvalue weighted by Gasteiger charge is 2.30. The number of fused-ring (bicyclic) bond motifs is 1. The predicted octanol–water partition coefficient (Wildman–Crippen LogP) is 5.04. The fraction of sp³-hybridized carbons (Fsp3) is 0.467. The van der Waals surface area contributed by atoms with Crippen molar-refractivity contribution >= 4 is 45.4 Å². The summed E-state index contributed by atoms with van der Waals surface area (Å²) in [7, 11) is -1.14. The van der Waals surface area contributed by atoms with Crippen molar-refractivity contribution in [3.63, 3.8) is 0 Å². The van der Waals surface area contributed by atoms with E-state index in [0.717, 1.165) is 48.6 Å². The summed E-state index contributed by atoms with van der Waals surface area (Å²) in [4.78, 5) is 27.6. The second kappa shape index (κ2) is 15.8. The van der Waals surface area contributed by atoms with E-state index in [4.69, 9.17) is 9.47 Å². The lowest BCUT2D eigenvalue weighted by Gasteiger charge is -2.27. The summed E-state index contributed by atoms with van der Waals surface area (Å²) in [5.41, 5.74) is 2.14. The largest absolute Gasteiger partial charge is 0.495 e. The molecule has 1 aromatic carbocycles. The Morgan fingerprint density at radius 3 is 2.21 bits per heavy atom. The minimum absolute atomic E-state index is 0. The first-order valence-corrected chi connectivity index (χ1v) is 15.5. The molecule has 0 fully saturated rings. The zero-order valence-electron chi connectivity index (χ0n) is 25.0. The van der Waals surface area contributed by atoms with Crippen LogP contribution in [0.1, 0.15) is 61.1 Å². The van der Waals surface area contributed by atoms with Crippen LogP contribution in [0.15, 0.2) is 42.6 Å². The number of halogens is 1. The first kappa shape index (κ1) is 34.9. The normalized spacial score (nSPS) is 11.4. The van der Waals surface area contributed by atoms with Gasteiger partial charge in [0.05, 0.1) is 31.2 Å². The number of benzene rings is 1. The SMILES string of the molecule is CCCCN(CCCC)CCS(=O)(=O)N(CC(=O)O)c1ccc(C(=O)c2c(C)c(OC)c3ccccn23)cc1OC.Cl. The number of methoxy groups -OCH3 is 2. The van der Waals surface area contributed by atoms with Crippen molar-refractivity contribution in [3.8, 4) is 11.5 Å². The lowest BCUT2D eigenvalue weighted by Crippen LogP contribution is -2.41. The number of nitrogens with zero attached hydrogens (tertiary/aromatic N) is 3. The predicted molar refractivity (Wildman–Crippen MR) is 167 cm³/mol. The molecule has 0 spiro atoms. The second-order valence-corrected chi connectivity index (χ2v) is 12.0. The first-order chi connectivity index (χ1) is 19.6. The fourth-order valence-electron chi connectivity index (χ4n) is 4.91. The van der Waals surface area contributed by atoms with Gasteiger partial charge in [0.25, 0.3) is 0 Å². The molecule has 42 heavy (non-hydrogen) atoms. The van der Waals surface area contributed by atoms with Crippen molar-refractivity contribution in [2.75, 3.05) is 50.5 Å². The van der Waals surface area contributed by atoms with Gasteiger partial charge in [0.15, 0.2) is 0 Å². The molecule has 232 valence electrons. The lowest BCUT2D eigenvalue weighted by molar-refractivity contribution is -0.135. The maximum atomic E-state index is 13.7. The van der Waals surface area contributed by atoms with Crippen LogP contribution in [-0.2, 0) is 14.8 Å². The monoisotopic (exact) mass is 623 g/mol. The van der Waals surface area contributed by atoms with Gasteiger partial charge in [-0.05, 0) is 63.2 Å². The number of carbonyl (C=O) groups excluding carboxylic acids is 1. The number of carboxylic acids is 1. The molecule has 2 heterocycles. The standard InChI is InChI=1S/C30H41N3O7S.ClH/c1-6-8-15-31(16-9-7-2)18-19-41(37,38)33(21-27(34)35)24-14-13-23(20-26(24)39-4)29(36)28-22(3)30(40-5)25-12-10-11-17-32(25)28;/h10-14,17,20H,6-9,15-16,18-19,21H2,1-5H3,(H,34,35);1H. The van der Waals surface area contributed by atoms with E-state index >= 15 is 0 Å². The molecule has 0 unspecified atom stereocenters. The van der Waals surface area contributed by atoms with E-state index in [9.17, 15) is 23.1 Å². The number of ether oxygens (including phenoxy) is 2. The number of sulfonamides is 1. The van der Waals surface area contributed by atoms with Crippen LogP contribution in [-0.4, -0.2) is 80.7 Å². The molecular weight excluding hydrogens is 582 g/mol. The molecule has 12 heteroatoms. The number of carboxylic acid groups (broad SMARTS) is 1. The summed E-state index contributed by atoms with van der Waals surface area (Å²) >= 11 is 0. The van der Waals surface area contributed by atoms with Crippen molar-refractivity contribution in [1.29, 1.82) is 0 Å². The Morgan fingerprint density at radius 1 is 0.976 bits per heavy atom. The van der Waals surface area contributed by atoms with Gasteiger partial charge in [-0.2, -0.15) is 0 Å². The van der Waals surface area contributed by atoms with Gasteiger partial charge in [0, 0.05) is 23.9 Å². The number of unbranched alkanes of at least 4 members (excludes halogenated alkanes) is 2. The van der Waals surface area contributed by atoms with Crippen LogP contribution in [0.5, 0.6) is 11.5 Å². The Kier molecular flexibility index (Phi) is 13.1. The number of hydrogen-bond acceptors (Lipinski definition) is 7. The van der Waals surface area contributed by atoms with Crippen molar-refractivity contribution < 1.29 is 32.6 Å². The summed E-state index contributed by atoms with van der Waals surface area (Å²) in [6.07, 6.45) is 5.67. The molecule has 0 aliphatic carbocycles. The van der Waals surface area contributed by atoms with Gasteiger partial charge in [-0.3, -0.25) is 13.9 Å². The lowest BCUT2D eigenvalue weighted by atomic mass is 10.0. The summed E-state index contributed by atoms with van der Waals surface area (Å²) in [6.45, 7) is 7.06. The third kappa shape index (κ3) is 7.96. The summed E-state index contributed by atoms with van der Waals surface area (Å²) < 4.78 is 40.8. The van der Waals surface area contributed by atoms with E-state index in [2.05, 4.69) is 18.7 Å². The van der Waals surface area contributed by atoms with Gasteiger partial charge in [0.2, 0.25) is 15.8 Å². The van der Waals surface area contributed by atoms with Crippen molar-refractivity contribution in [3.05, 3.63) is 59.4 Å². The van der Waals surface area contributed by atoms with Gasteiger partial charge < -0.3 is 23.9 Å². The van der Waals surface area contributed by atoms with Gasteiger partial charge in [0.1, 0.15) is 23.7 Å². The molecule has 0 aliphatic rings. The number of rotatable bonds is 17. The Balaban J connectivity index is 0.00000616. The molecule has 0 amide bonds. The number of ketones is 1. The minimum Gasteiger partial charge on any atom is -0.495 e. The Labute approximate surface area is 254 Å². The number of anilines is 1. The van der Waals surface area contributed by atoms with Crippen LogP contribution in [0.2, 0.25) is 0 Å². The number of pyridine rings is 1. The van der Waals surface area contributed by atoms with Crippen LogP contribution >= 0.6 is 12.4 Å². The molecule has 0 atom stereocenters. The molecule has 1 N–H and O–H groups in total. The van der Waals surface area contributed by atoms with E-state index in [1.165, 1.54) is 25.3 Å². The summed E-state index contributed by atoms with van der Waals surface area (Å²) in [5.74, 6) is -1.19. The third-order valence-corrected chi connectivity index (χ3v) is 8.79. The molecule has 0 bridgehead atoms. The molecule has 2 aromatic heterocycles. The van der Waals surface area contributed by atoms with E-state index in [-0.39, 0.29) is 40.9 Å². The first-order valence-electron chi connectivity index (χ1n) is 13.9. The smallest absolute Gasteiger partial charge is 0.324 e. The van der Waals surface area contributed by atoms with E-state index in [0.29, 0.717) is 23.6 Å². The molecule has 3 aromatic rings. The van der Waals surface area contributed by atoms with Gasteiger partial charge in [-0.15, -0.1) is 12.4 Å². The average molecular weight is 624 g/mol. The fourth-order valence-corrected chi connectivity index (χ4v) is 6.38. The zero-order chi connectivity index (χ0) is 30.2. The van der Waals surface area contributed by atoms with Crippen LogP contribution in [0.25, 0.3) is 5.52 Å². The van der Waals surface area contributed by atoms with Crippen molar-refractivity contribution in [2.45, 2.75) is 46.5 Å². The maximum absolute atomic E-state index is 13.7. The molecule has 3 rings (SSSR count). The molecule has 0 saturated carbocycles. The number of hydrogen-bond donors (Lipinski definition) is 1. The Hall–Kier alpha value is -3.28. The minimum atomic E-state index is -4.04. The highest BCUT2D eigenvalue weighted by Crippen LogP contribution is 2.35.